The average Bonchev–Trinajstić information content (AvgIpc) is 2.73. The summed E-state index contributed by atoms with van der Waals surface area (Å²) in [4.78, 5) is 30.2. The molecular weight excluding hydrogens is 415 g/mol. The molecule has 0 spiro atoms. The van der Waals surface area contributed by atoms with Crippen LogP contribution in [0, 0.1) is 18.2 Å². The highest BCUT2D eigenvalue weighted by molar-refractivity contribution is 6.01. The highest BCUT2D eigenvalue weighted by atomic mass is 19.1. The monoisotopic (exact) mass is 442 g/mol. The van der Waals surface area contributed by atoms with E-state index in [0.717, 1.165) is 0 Å². The molecule has 2 aromatic rings. The summed E-state index contributed by atoms with van der Waals surface area (Å²) in [5.74, 6) is -1.46. The molecule has 1 atom stereocenters. The second kappa shape index (κ2) is 7.81. The number of aliphatic imine (C=N–C) groups is 1. The van der Waals surface area contributed by atoms with Gasteiger partial charge in [-0.05, 0) is 63.6 Å². The Morgan fingerprint density at radius 1 is 1.25 bits per heavy atom. The van der Waals surface area contributed by atoms with Crippen LogP contribution >= 0.6 is 0 Å². The number of benzene rings is 2. The van der Waals surface area contributed by atoms with Crippen molar-refractivity contribution in [1.29, 1.82) is 0 Å². The van der Waals surface area contributed by atoms with Gasteiger partial charge in [0.1, 0.15) is 17.1 Å². The van der Waals surface area contributed by atoms with Crippen molar-refractivity contribution in [2.45, 2.75) is 33.2 Å². The van der Waals surface area contributed by atoms with Gasteiger partial charge in [-0.25, -0.2) is 14.2 Å². The van der Waals surface area contributed by atoms with Crippen molar-refractivity contribution >= 4 is 29.2 Å². The SMILES string of the molecule is COc1ccc(C(=O)O)c(C)c1Nc1ccc(F)c([C@@]2(C)N=C(N)N(C)C(=O)C2(C)C)c1. The number of hydrogen-bond acceptors (Lipinski definition) is 6. The number of nitrogens with one attached hydrogen (secondary N) is 1. The van der Waals surface area contributed by atoms with E-state index in [4.69, 9.17) is 10.5 Å². The molecule has 0 aliphatic carbocycles. The molecule has 2 aromatic carbocycles. The minimum absolute atomic E-state index is 0.00117. The summed E-state index contributed by atoms with van der Waals surface area (Å²) in [6.07, 6.45) is 0. The number of guanidine groups is 1. The molecule has 9 heteroatoms. The lowest BCUT2D eigenvalue weighted by atomic mass is 9.67. The van der Waals surface area contributed by atoms with E-state index in [0.29, 0.717) is 22.7 Å². The Morgan fingerprint density at radius 3 is 2.50 bits per heavy atom. The van der Waals surface area contributed by atoms with Crippen molar-refractivity contribution in [2.24, 2.45) is 16.1 Å². The average molecular weight is 442 g/mol. The molecule has 0 fully saturated rings. The van der Waals surface area contributed by atoms with Gasteiger partial charge in [0.25, 0.3) is 0 Å². The van der Waals surface area contributed by atoms with Crippen molar-refractivity contribution in [3.8, 4) is 5.75 Å². The Kier molecular flexibility index (Phi) is 5.63. The molecule has 1 aliphatic heterocycles. The van der Waals surface area contributed by atoms with Gasteiger partial charge in [-0.1, -0.05) is 0 Å². The van der Waals surface area contributed by atoms with Crippen LogP contribution in [-0.2, 0) is 10.3 Å². The molecule has 0 bridgehead atoms. The molecule has 32 heavy (non-hydrogen) atoms. The Morgan fingerprint density at radius 2 is 1.91 bits per heavy atom. The summed E-state index contributed by atoms with van der Waals surface area (Å²) in [6.45, 7) is 6.73. The van der Waals surface area contributed by atoms with Crippen LogP contribution < -0.4 is 15.8 Å². The van der Waals surface area contributed by atoms with Crippen molar-refractivity contribution in [2.75, 3.05) is 19.5 Å². The van der Waals surface area contributed by atoms with E-state index in [1.807, 2.05) is 0 Å². The molecule has 3 rings (SSSR count). The first-order valence-corrected chi connectivity index (χ1v) is 9.96. The van der Waals surface area contributed by atoms with Gasteiger partial charge >= 0.3 is 5.97 Å². The maximum absolute atomic E-state index is 15.1. The molecule has 1 amide bonds. The fraction of sp³-hybridized carbons (Fsp3) is 0.348. The molecule has 0 saturated carbocycles. The quantitative estimate of drug-likeness (QED) is 0.651. The molecule has 170 valence electrons. The first kappa shape index (κ1) is 23.1. The summed E-state index contributed by atoms with van der Waals surface area (Å²) in [5.41, 5.74) is 5.28. The third kappa shape index (κ3) is 3.43. The highest BCUT2D eigenvalue weighted by Crippen LogP contribution is 2.48. The van der Waals surface area contributed by atoms with E-state index in [1.54, 1.807) is 39.8 Å². The number of amides is 1. The van der Waals surface area contributed by atoms with E-state index < -0.39 is 22.7 Å². The molecule has 1 aliphatic rings. The lowest BCUT2D eigenvalue weighted by Gasteiger charge is -2.46. The summed E-state index contributed by atoms with van der Waals surface area (Å²) < 4.78 is 20.4. The van der Waals surface area contributed by atoms with E-state index in [9.17, 15) is 14.7 Å². The third-order valence-corrected chi connectivity index (χ3v) is 6.38. The van der Waals surface area contributed by atoms with Crippen molar-refractivity contribution < 1.29 is 23.8 Å². The van der Waals surface area contributed by atoms with Crippen LogP contribution in [0.1, 0.15) is 42.3 Å². The maximum atomic E-state index is 15.1. The number of anilines is 2. The van der Waals surface area contributed by atoms with Gasteiger partial charge in [0, 0.05) is 18.3 Å². The Hall–Kier alpha value is -3.62. The molecule has 0 radical (unpaired) electrons. The number of carboxylic acid groups (broad SMARTS) is 1. The zero-order valence-electron chi connectivity index (χ0n) is 18.9. The highest BCUT2D eigenvalue weighted by Gasteiger charge is 2.53. The Bertz CT molecular complexity index is 1150. The third-order valence-electron chi connectivity index (χ3n) is 6.38. The topological polar surface area (TPSA) is 117 Å². The summed E-state index contributed by atoms with van der Waals surface area (Å²) in [7, 11) is 3.00. The molecule has 0 unspecified atom stereocenters. The smallest absolute Gasteiger partial charge is 0.336 e. The van der Waals surface area contributed by atoms with Gasteiger partial charge in [-0.15, -0.1) is 0 Å². The predicted octanol–water partition coefficient (Wildman–Crippen LogP) is 3.61. The number of nitrogens with zero attached hydrogens (tertiary/aromatic N) is 2. The van der Waals surface area contributed by atoms with Gasteiger partial charge in [0.15, 0.2) is 5.96 Å². The second-order valence-corrected chi connectivity index (χ2v) is 8.47. The van der Waals surface area contributed by atoms with E-state index in [-0.39, 0.29) is 23.0 Å². The van der Waals surface area contributed by atoms with Crippen LogP contribution in [0.3, 0.4) is 0 Å². The molecule has 0 aromatic heterocycles. The second-order valence-electron chi connectivity index (χ2n) is 8.47. The van der Waals surface area contributed by atoms with E-state index in [1.165, 1.54) is 37.3 Å². The first-order chi connectivity index (χ1) is 14.8. The van der Waals surface area contributed by atoms with Crippen molar-refractivity contribution in [1.82, 2.24) is 4.90 Å². The normalized spacial score (nSPS) is 20.0. The summed E-state index contributed by atoms with van der Waals surface area (Å²) in [5, 5.41) is 12.6. The zero-order chi connectivity index (χ0) is 24.0. The lowest BCUT2D eigenvalue weighted by molar-refractivity contribution is -0.140. The molecule has 0 saturated heterocycles. The standard InChI is InChI=1S/C23H27FN4O4/c1-12-14(19(29)30)8-10-17(32-6)18(12)26-13-7-9-16(24)15(11-13)23(4)22(2,3)20(31)28(5)21(25)27-23/h7-11,26H,1-6H3,(H2,25,27)(H,29,30)/t23-/m1/s1. The van der Waals surface area contributed by atoms with Crippen LogP contribution in [0.2, 0.25) is 0 Å². The fourth-order valence-corrected chi connectivity index (χ4v) is 3.94. The number of carbonyl (C=O) groups is 2. The van der Waals surface area contributed by atoms with Crippen LogP contribution in [0.25, 0.3) is 0 Å². The largest absolute Gasteiger partial charge is 0.495 e. The molecule has 8 nitrogen and oxygen atoms in total. The van der Waals surface area contributed by atoms with E-state index >= 15 is 4.39 Å². The molecule has 4 N–H and O–H groups in total. The minimum atomic E-state index is -1.27. The van der Waals surface area contributed by atoms with Crippen LogP contribution in [0.5, 0.6) is 5.75 Å². The fourth-order valence-electron chi connectivity index (χ4n) is 3.94. The number of aromatic carboxylic acids is 1. The van der Waals surface area contributed by atoms with Gasteiger partial charge < -0.3 is 20.9 Å². The van der Waals surface area contributed by atoms with Crippen LogP contribution in [0.4, 0.5) is 15.8 Å². The first-order valence-electron chi connectivity index (χ1n) is 9.96. The zero-order valence-corrected chi connectivity index (χ0v) is 18.9. The number of methoxy groups -OCH3 is 1. The van der Waals surface area contributed by atoms with Gasteiger partial charge in [0.05, 0.1) is 23.8 Å². The maximum Gasteiger partial charge on any atom is 0.336 e. The number of halogens is 1. The Balaban J connectivity index is 2.15. The van der Waals surface area contributed by atoms with Gasteiger partial charge in [0.2, 0.25) is 5.91 Å². The number of carbonyl (C=O) groups excluding carboxylic acids is 1. The predicted molar refractivity (Wildman–Crippen MR) is 120 cm³/mol. The van der Waals surface area contributed by atoms with Gasteiger partial charge in [-0.3, -0.25) is 9.69 Å². The van der Waals surface area contributed by atoms with Crippen LogP contribution in [-0.4, -0.2) is 42.0 Å². The van der Waals surface area contributed by atoms with Gasteiger partial charge in [-0.2, -0.15) is 0 Å². The number of rotatable bonds is 5. The number of nitrogens with two attached hydrogens (primary N) is 1. The Labute approximate surface area is 185 Å². The molecule has 1 heterocycles. The lowest BCUT2D eigenvalue weighted by Crippen LogP contribution is -2.58. The van der Waals surface area contributed by atoms with Crippen molar-refractivity contribution in [3.05, 3.63) is 52.8 Å². The summed E-state index contributed by atoms with van der Waals surface area (Å²) >= 11 is 0. The van der Waals surface area contributed by atoms with E-state index in [2.05, 4.69) is 10.3 Å². The van der Waals surface area contributed by atoms with Crippen LogP contribution in [0.15, 0.2) is 35.3 Å². The van der Waals surface area contributed by atoms with Crippen molar-refractivity contribution in [3.63, 3.8) is 0 Å². The number of ether oxygens (including phenoxy) is 1. The number of carboxylic acids is 1. The summed E-state index contributed by atoms with van der Waals surface area (Å²) in [6, 6.07) is 7.36. The minimum Gasteiger partial charge on any atom is -0.495 e. The molecular formula is C23H27FN4O4. The number of hydrogen-bond donors (Lipinski definition) is 3.